The molecule has 0 aromatic heterocycles. The molecule has 2 heteroatoms. The zero-order valence-corrected chi connectivity index (χ0v) is 8.95. The summed E-state index contributed by atoms with van der Waals surface area (Å²) in [4.78, 5) is 0. The van der Waals surface area contributed by atoms with Gasteiger partial charge < -0.3 is 9.84 Å². The first-order valence-electron chi connectivity index (χ1n) is 6.12. The summed E-state index contributed by atoms with van der Waals surface area (Å²) in [6.45, 7) is 1.81. The van der Waals surface area contributed by atoms with Gasteiger partial charge in [0.15, 0.2) is 0 Å². The van der Waals surface area contributed by atoms with Crippen molar-refractivity contribution in [3.05, 3.63) is 0 Å². The fraction of sp³-hybridized carbons (Fsp3) is 1.00. The van der Waals surface area contributed by atoms with Crippen LogP contribution in [0.25, 0.3) is 0 Å². The zero-order chi connectivity index (χ0) is 9.80. The van der Waals surface area contributed by atoms with Crippen LogP contribution in [0.15, 0.2) is 0 Å². The van der Waals surface area contributed by atoms with E-state index in [9.17, 15) is 5.11 Å². The standard InChI is InChI=1S/C12H22O2/c13-12(11-5-1-2-6-11)8-10-4-3-7-14-9-10/h10-13H,1-9H2. The average molecular weight is 198 g/mol. The Hall–Kier alpha value is -0.0800. The Labute approximate surface area is 86.6 Å². The average Bonchev–Trinajstić information content (AvgIpc) is 2.72. The molecule has 1 saturated heterocycles. The van der Waals surface area contributed by atoms with Crippen molar-refractivity contribution in [2.24, 2.45) is 11.8 Å². The van der Waals surface area contributed by atoms with Crippen molar-refractivity contribution < 1.29 is 9.84 Å². The van der Waals surface area contributed by atoms with Crippen LogP contribution in [-0.4, -0.2) is 24.4 Å². The molecule has 1 heterocycles. The van der Waals surface area contributed by atoms with E-state index in [1.54, 1.807) is 0 Å². The first-order chi connectivity index (χ1) is 6.86. The number of rotatable bonds is 3. The summed E-state index contributed by atoms with van der Waals surface area (Å²) >= 11 is 0. The monoisotopic (exact) mass is 198 g/mol. The highest BCUT2D eigenvalue weighted by atomic mass is 16.5. The van der Waals surface area contributed by atoms with E-state index in [-0.39, 0.29) is 6.10 Å². The molecule has 0 aromatic carbocycles. The Kier molecular flexibility index (Phi) is 3.82. The summed E-state index contributed by atoms with van der Waals surface area (Å²) in [6, 6.07) is 0. The van der Waals surface area contributed by atoms with Crippen molar-refractivity contribution in [2.75, 3.05) is 13.2 Å². The van der Waals surface area contributed by atoms with Crippen LogP contribution >= 0.6 is 0 Å². The van der Waals surface area contributed by atoms with Crippen molar-refractivity contribution in [1.29, 1.82) is 0 Å². The molecule has 2 nitrogen and oxygen atoms in total. The molecular weight excluding hydrogens is 176 g/mol. The molecular formula is C12H22O2. The number of hydrogen-bond acceptors (Lipinski definition) is 2. The van der Waals surface area contributed by atoms with Gasteiger partial charge in [0.1, 0.15) is 0 Å². The number of hydrogen-bond donors (Lipinski definition) is 1. The molecule has 82 valence electrons. The highest BCUT2D eigenvalue weighted by Gasteiger charge is 2.26. The molecule has 1 saturated carbocycles. The number of aliphatic hydroxyl groups excluding tert-OH is 1. The van der Waals surface area contributed by atoms with Crippen LogP contribution in [0.1, 0.15) is 44.9 Å². The summed E-state index contributed by atoms with van der Waals surface area (Å²) in [6.07, 6.45) is 8.50. The Balaban J connectivity index is 1.72. The van der Waals surface area contributed by atoms with Gasteiger partial charge >= 0.3 is 0 Å². The molecule has 0 amide bonds. The molecule has 1 N–H and O–H groups in total. The molecule has 2 fully saturated rings. The third-order valence-electron chi connectivity index (χ3n) is 3.77. The quantitative estimate of drug-likeness (QED) is 0.754. The summed E-state index contributed by atoms with van der Waals surface area (Å²) in [5.74, 6) is 1.22. The van der Waals surface area contributed by atoms with E-state index in [0.29, 0.717) is 11.8 Å². The molecule has 2 unspecified atom stereocenters. The summed E-state index contributed by atoms with van der Waals surface area (Å²) in [5, 5.41) is 10.0. The van der Waals surface area contributed by atoms with Gasteiger partial charge in [-0.1, -0.05) is 12.8 Å². The summed E-state index contributed by atoms with van der Waals surface area (Å²) in [7, 11) is 0. The minimum atomic E-state index is -0.0517. The Morgan fingerprint density at radius 1 is 1.14 bits per heavy atom. The molecule has 0 radical (unpaired) electrons. The molecule has 1 aliphatic carbocycles. The first kappa shape index (κ1) is 10.4. The number of ether oxygens (including phenoxy) is 1. The maximum Gasteiger partial charge on any atom is 0.0571 e. The van der Waals surface area contributed by atoms with Crippen LogP contribution in [0.5, 0.6) is 0 Å². The van der Waals surface area contributed by atoms with Crippen LogP contribution in [0.4, 0.5) is 0 Å². The van der Waals surface area contributed by atoms with Crippen molar-refractivity contribution in [1.82, 2.24) is 0 Å². The molecule has 14 heavy (non-hydrogen) atoms. The Morgan fingerprint density at radius 2 is 1.93 bits per heavy atom. The van der Waals surface area contributed by atoms with Gasteiger partial charge in [-0.25, -0.2) is 0 Å². The van der Waals surface area contributed by atoms with E-state index in [4.69, 9.17) is 4.74 Å². The van der Waals surface area contributed by atoms with Gasteiger partial charge in [0, 0.05) is 13.2 Å². The van der Waals surface area contributed by atoms with Gasteiger partial charge in [-0.2, -0.15) is 0 Å². The fourth-order valence-corrected chi connectivity index (χ4v) is 2.87. The van der Waals surface area contributed by atoms with Gasteiger partial charge in [0.05, 0.1) is 6.10 Å². The van der Waals surface area contributed by atoms with E-state index in [1.165, 1.54) is 38.5 Å². The third-order valence-corrected chi connectivity index (χ3v) is 3.77. The fourth-order valence-electron chi connectivity index (χ4n) is 2.87. The lowest BCUT2D eigenvalue weighted by molar-refractivity contribution is 0.0150. The topological polar surface area (TPSA) is 29.5 Å². The van der Waals surface area contributed by atoms with Crippen molar-refractivity contribution >= 4 is 0 Å². The maximum atomic E-state index is 10.0. The third kappa shape index (κ3) is 2.71. The predicted octanol–water partition coefficient (Wildman–Crippen LogP) is 2.35. The lowest BCUT2D eigenvalue weighted by atomic mass is 9.89. The molecule has 0 aromatic rings. The van der Waals surface area contributed by atoms with Gasteiger partial charge in [0.2, 0.25) is 0 Å². The van der Waals surface area contributed by atoms with Crippen molar-refractivity contribution in [3.8, 4) is 0 Å². The molecule has 2 atom stereocenters. The molecule has 2 rings (SSSR count). The van der Waals surface area contributed by atoms with E-state index in [2.05, 4.69) is 0 Å². The van der Waals surface area contributed by atoms with Gasteiger partial charge in [-0.3, -0.25) is 0 Å². The van der Waals surface area contributed by atoms with Gasteiger partial charge in [0.25, 0.3) is 0 Å². The van der Waals surface area contributed by atoms with Gasteiger partial charge in [-0.05, 0) is 43.9 Å². The van der Waals surface area contributed by atoms with E-state index >= 15 is 0 Å². The van der Waals surface area contributed by atoms with E-state index in [0.717, 1.165) is 19.6 Å². The molecule has 0 bridgehead atoms. The zero-order valence-electron chi connectivity index (χ0n) is 8.95. The van der Waals surface area contributed by atoms with E-state index in [1.807, 2.05) is 0 Å². The van der Waals surface area contributed by atoms with Crippen LogP contribution in [-0.2, 0) is 4.74 Å². The van der Waals surface area contributed by atoms with Crippen LogP contribution in [0.2, 0.25) is 0 Å². The lowest BCUT2D eigenvalue weighted by Crippen LogP contribution is -2.26. The first-order valence-corrected chi connectivity index (χ1v) is 6.12. The molecule has 0 spiro atoms. The summed E-state index contributed by atoms with van der Waals surface area (Å²) < 4.78 is 5.43. The second kappa shape index (κ2) is 5.13. The smallest absolute Gasteiger partial charge is 0.0571 e. The normalized spacial score (nSPS) is 31.9. The summed E-state index contributed by atoms with van der Waals surface area (Å²) in [5.41, 5.74) is 0. The van der Waals surface area contributed by atoms with Gasteiger partial charge in [-0.15, -0.1) is 0 Å². The maximum absolute atomic E-state index is 10.0. The highest BCUT2D eigenvalue weighted by Crippen LogP contribution is 2.31. The van der Waals surface area contributed by atoms with Crippen molar-refractivity contribution in [3.63, 3.8) is 0 Å². The second-order valence-corrected chi connectivity index (χ2v) is 4.93. The molecule has 1 aliphatic heterocycles. The second-order valence-electron chi connectivity index (χ2n) is 4.93. The lowest BCUT2D eigenvalue weighted by Gasteiger charge is -2.26. The minimum Gasteiger partial charge on any atom is -0.393 e. The van der Waals surface area contributed by atoms with Crippen LogP contribution < -0.4 is 0 Å². The number of aliphatic hydroxyl groups is 1. The van der Waals surface area contributed by atoms with Crippen LogP contribution in [0, 0.1) is 11.8 Å². The van der Waals surface area contributed by atoms with E-state index < -0.39 is 0 Å². The van der Waals surface area contributed by atoms with Crippen molar-refractivity contribution in [2.45, 2.75) is 51.0 Å². The highest BCUT2D eigenvalue weighted by molar-refractivity contribution is 4.77. The SMILES string of the molecule is OC(CC1CCCOC1)C1CCCC1. The largest absolute Gasteiger partial charge is 0.393 e. The minimum absolute atomic E-state index is 0.0517. The van der Waals surface area contributed by atoms with Crippen LogP contribution in [0.3, 0.4) is 0 Å². The Morgan fingerprint density at radius 3 is 2.57 bits per heavy atom. The predicted molar refractivity (Wildman–Crippen MR) is 56.1 cm³/mol. The Bertz CT molecular complexity index is 158. The molecule has 2 aliphatic rings.